The van der Waals surface area contributed by atoms with E-state index in [0.29, 0.717) is 22.8 Å². The van der Waals surface area contributed by atoms with Gasteiger partial charge in [0.1, 0.15) is 10.7 Å². The van der Waals surface area contributed by atoms with Gasteiger partial charge in [0.2, 0.25) is 5.88 Å². The zero-order chi connectivity index (χ0) is 20.8. The highest BCUT2D eigenvalue weighted by Gasteiger charge is 2.18. The van der Waals surface area contributed by atoms with Crippen LogP contribution in [0.15, 0.2) is 48.5 Å². The minimum absolute atomic E-state index is 0.0114. The van der Waals surface area contributed by atoms with Gasteiger partial charge in [-0.1, -0.05) is 35.9 Å². The van der Waals surface area contributed by atoms with Crippen LogP contribution in [0.1, 0.15) is 22.5 Å². The number of hydrogen-bond donors (Lipinski definition) is 1. The average molecular weight is 413 g/mol. The van der Waals surface area contributed by atoms with E-state index >= 15 is 0 Å². The topological polar surface area (TPSA) is 81.5 Å². The van der Waals surface area contributed by atoms with Crippen molar-refractivity contribution >= 4 is 17.6 Å². The molecule has 0 aliphatic rings. The van der Waals surface area contributed by atoms with Crippen molar-refractivity contribution in [2.75, 3.05) is 20.3 Å². The third-order valence-corrected chi connectivity index (χ3v) is 4.61. The van der Waals surface area contributed by atoms with E-state index in [4.69, 9.17) is 26.2 Å². The van der Waals surface area contributed by atoms with Crippen LogP contribution in [0.2, 0.25) is 5.02 Å². The molecular weight excluding hydrogens is 392 g/mol. The predicted octanol–water partition coefficient (Wildman–Crippen LogP) is 4.32. The van der Waals surface area contributed by atoms with Crippen molar-refractivity contribution in [3.05, 3.63) is 64.8 Å². The number of esters is 1. The highest BCUT2D eigenvalue weighted by Crippen LogP contribution is 2.34. The average Bonchev–Trinajstić information content (AvgIpc) is 2.74. The highest BCUT2D eigenvalue weighted by molar-refractivity contribution is 6.31. The number of aliphatic hydroxyl groups is 1. The van der Waals surface area contributed by atoms with Gasteiger partial charge in [0.25, 0.3) is 0 Å². The van der Waals surface area contributed by atoms with Crippen LogP contribution in [-0.4, -0.2) is 41.4 Å². The van der Waals surface area contributed by atoms with E-state index in [2.05, 4.69) is 9.97 Å². The number of ether oxygens (including phenoxy) is 2. The van der Waals surface area contributed by atoms with E-state index in [1.807, 2.05) is 37.3 Å². The maximum Gasteiger partial charge on any atom is 0.356 e. The van der Waals surface area contributed by atoms with E-state index in [1.54, 1.807) is 18.2 Å². The van der Waals surface area contributed by atoms with Crippen LogP contribution in [0.5, 0.6) is 5.88 Å². The number of aromatic nitrogens is 2. The van der Waals surface area contributed by atoms with Gasteiger partial charge < -0.3 is 14.6 Å². The Morgan fingerprint density at radius 1 is 1.07 bits per heavy atom. The van der Waals surface area contributed by atoms with Gasteiger partial charge in [-0.25, -0.2) is 14.8 Å². The number of rotatable bonds is 7. The first-order chi connectivity index (χ1) is 14.0. The molecule has 1 N–H and O–H groups in total. The van der Waals surface area contributed by atoms with Gasteiger partial charge in [0.05, 0.1) is 25.1 Å². The number of aliphatic hydroxyl groups excluding tert-OH is 1. The molecule has 2 aromatic heterocycles. The Morgan fingerprint density at radius 3 is 2.59 bits per heavy atom. The highest BCUT2D eigenvalue weighted by atomic mass is 35.5. The maximum atomic E-state index is 12.0. The van der Waals surface area contributed by atoms with Crippen LogP contribution in [0.3, 0.4) is 0 Å². The second kappa shape index (κ2) is 9.49. The molecule has 0 amide bonds. The summed E-state index contributed by atoms with van der Waals surface area (Å²) < 4.78 is 10.4. The fourth-order valence-corrected chi connectivity index (χ4v) is 3.01. The molecule has 29 heavy (non-hydrogen) atoms. The number of carbonyl (C=O) groups is 1. The Hall–Kier alpha value is -2.96. The lowest BCUT2D eigenvalue weighted by molar-refractivity contribution is 0.0594. The van der Waals surface area contributed by atoms with Crippen molar-refractivity contribution in [3.63, 3.8) is 0 Å². The molecule has 0 saturated carbocycles. The van der Waals surface area contributed by atoms with Gasteiger partial charge in [-0.2, -0.15) is 0 Å². The van der Waals surface area contributed by atoms with Crippen molar-refractivity contribution in [2.45, 2.75) is 13.3 Å². The first-order valence-corrected chi connectivity index (χ1v) is 9.49. The van der Waals surface area contributed by atoms with E-state index in [-0.39, 0.29) is 24.8 Å². The quantitative estimate of drug-likeness (QED) is 0.459. The van der Waals surface area contributed by atoms with E-state index in [9.17, 15) is 4.79 Å². The third kappa shape index (κ3) is 4.72. The Morgan fingerprint density at radius 2 is 1.86 bits per heavy atom. The molecular formula is C22H21ClN2O4. The number of pyridine rings is 2. The predicted molar refractivity (Wildman–Crippen MR) is 111 cm³/mol. The number of methoxy groups -OCH3 is 1. The van der Waals surface area contributed by atoms with Crippen molar-refractivity contribution in [1.82, 2.24) is 9.97 Å². The number of benzene rings is 1. The lowest BCUT2D eigenvalue weighted by atomic mass is 9.97. The summed E-state index contributed by atoms with van der Waals surface area (Å²) in [6.45, 7) is 2.30. The molecule has 0 bridgehead atoms. The summed E-state index contributed by atoms with van der Waals surface area (Å²) in [6, 6.07) is 14.8. The third-order valence-electron chi connectivity index (χ3n) is 4.32. The molecule has 150 valence electrons. The molecule has 0 atom stereocenters. The van der Waals surface area contributed by atoms with Gasteiger partial charge in [-0.05, 0) is 42.3 Å². The van der Waals surface area contributed by atoms with Crippen molar-refractivity contribution in [1.29, 1.82) is 0 Å². The van der Waals surface area contributed by atoms with Gasteiger partial charge in [0.15, 0.2) is 0 Å². The Bertz CT molecular complexity index is 1020. The molecule has 7 heteroatoms. The van der Waals surface area contributed by atoms with Crippen LogP contribution < -0.4 is 4.74 Å². The molecule has 0 radical (unpaired) electrons. The van der Waals surface area contributed by atoms with Gasteiger partial charge in [0, 0.05) is 18.6 Å². The minimum atomic E-state index is -0.532. The normalized spacial score (nSPS) is 10.6. The number of hydrogen-bond acceptors (Lipinski definition) is 6. The first kappa shape index (κ1) is 20.8. The second-order valence-corrected chi connectivity index (χ2v) is 6.72. The van der Waals surface area contributed by atoms with E-state index in [0.717, 1.165) is 16.7 Å². The number of halogens is 1. The molecule has 0 saturated heterocycles. The second-order valence-electron chi connectivity index (χ2n) is 6.31. The molecule has 0 aliphatic heterocycles. The molecule has 0 spiro atoms. The van der Waals surface area contributed by atoms with Crippen molar-refractivity contribution < 1.29 is 19.4 Å². The SMILES string of the molecule is COC(=O)c1ccc(-c2ccccc2C)c(-c2ccc(Cl)c(OCCCO)n2)n1. The molecule has 0 unspecified atom stereocenters. The van der Waals surface area contributed by atoms with Gasteiger partial charge >= 0.3 is 5.97 Å². The monoisotopic (exact) mass is 412 g/mol. The Labute approximate surface area is 174 Å². The van der Waals surface area contributed by atoms with Crippen LogP contribution in [0, 0.1) is 6.92 Å². The zero-order valence-corrected chi connectivity index (χ0v) is 16.9. The summed E-state index contributed by atoms with van der Waals surface area (Å²) in [6.07, 6.45) is 0.465. The standard InChI is InChI=1S/C22H21ClN2O4/c1-14-6-3-4-7-15(14)16-8-10-19(22(27)28-2)24-20(16)18-11-9-17(23)21(25-18)29-13-5-12-26/h3-4,6-11,26H,5,12-13H2,1-2H3. The molecule has 3 rings (SSSR count). The maximum absolute atomic E-state index is 12.0. The fourth-order valence-electron chi connectivity index (χ4n) is 2.86. The first-order valence-electron chi connectivity index (χ1n) is 9.11. The lowest BCUT2D eigenvalue weighted by Crippen LogP contribution is -2.07. The summed E-state index contributed by atoms with van der Waals surface area (Å²) in [7, 11) is 1.31. The molecule has 6 nitrogen and oxygen atoms in total. The summed E-state index contributed by atoms with van der Waals surface area (Å²) in [5.41, 5.74) is 4.08. The van der Waals surface area contributed by atoms with Gasteiger partial charge in [-0.15, -0.1) is 0 Å². The van der Waals surface area contributed by atoms with Crippen LogP contribution in [-0.2, 0) is 4.74 Å². The number of nitrogens with zero attached hydrogens (tertiary/aromatic N) is 2. The fraction of sp³-hybridized carbons (Fsp3) is 0.227. The summed E-state index contributed by atoms with van der Waals surface area (Å²) >= 11 is 6.20. The van der Waals surface area contributed by atoms with E-state index in [1.165, 1.54) is 7.11 Å². The molecule has 1 aromatic carbocycles. The minimum Gasteiger partial charge on any atom is -0.477 e. The summed E-state index contributed by atoms with van der Waals surface area (Å²) in [5, 5.41) is 9.31. The van der Waals surface area contributed by atoms with Crippen LogP contribution >= 0.6 is 11.6 Å². The number of carbonyl (C=O) groups excluding carboxylic acids is 1. The molecule has 0 fully saturated rings. The summed E-state index contributed by atoms with van der Waals surface area (Å²) in [5.74, 6) is -0.283. The van der Waals surface area contributed by atoms with Crippen LogP contribution in [0.4, 0.5) is 0 Å². The van der Waals surface area contributed by atoms with Crippen LogP contribution in [0.25, 0.3) is 22.5 Å². The Balaban J connectivity index is 2.14. The van der Waals surface area contributed by atoms with Crippen molar-refractivity contribution in [3.8, 4) is 28.4 Å². The molecule has 3 aromatic rings. The molecule has 0 aliphatic carbocycles. The zero-order valence-electron chi connectivity index (χ0n) is 16.2. The Kier molecular flexibility index (Phi) is 6.80. The largest absolute Gasteiger partial charge is 0.477 e. The van der Waals surface area contributed by atoms with Crippen molar-refractivity contribution in [2.24, 2.45) is 0 Å². The molecule has 2 heterocycles. The van der Waals surface area contributed by atoms with E-state index < -0.39 is 5.97 Å². The van der Waals surface area contributed by atoms with Gasteiger partial charge in [-0.3, -0.25) is 0 Å². The lowest BCUT2D eigenvalue weighted by Gasteiger charge is -2.14. The number of aryl methyl sites for hydroxylation is 1. The summed E-state index contributed by atoms with van der Waals surface area (Å²) in [4.78, 5) is 21.1. The smallest absolute Gasteiger partial charge is 0.356 e.